The summed E-state index contributed by atoms with van der Waals surface area (Å²) in [4.78, 5) is 0. The first-order valence-corrected chi connectivity index (χ1v) is 4.33. The average Bonchev–Trinajstić information content (AvgIpc) is 2.05. The Morgan fingerprint density at radius 2 is 2.18 bits per heavy atom. The Hall–Kier alpha value is -0.550. The van der Waals surface area contributed by atoms with E-state index in [0.29, 0.717) is 12.5 Å². The maximum atomic E-state index is 8.33. The van der Waals surface area contributed by atoms with E-state index in [9.17, 15) is 0 Å². The zero-order valence-corrected chi connectivity index (χ0v) is 7.47. The smallest absolute Gasteiger partial charge is 0.0622 e. The molecule has 64 valence electrons. The molecule has 0 saturated carbocycles. The van der Waals surface area contributed by atoms with Crippen LogP contribution in [-0.4, -0.2) is 12.7 Å². The minimum absolute atomic E-state index is 0.301. The second-order valence-corrected chi connectivity index (χ2v) is 2.60. The lowest BCUT2D eigenvalue weighted by atomic mass is 10.1. The molecule has 0 spiro atoms. The molecule has 0 N–H and O–H groups in total. The highest BCUT2D eigenvalue weighted by atomic mass is 16.5. The first-order valence-electron chi connectivity index (χ1n) is 4.33. The lowest BCUT2D eigenvalue weighted by Crippen LogP contribution is -2.11. The molecular formula is C9H17NO. The summed E-state index contributed by atoms with van der Waals surface area (Å²) in [5.74, 6) is 0. The van der Waals surface area contributed by atoms with Gasteiger partial charge in [-0.3, -0.25) is 0 Å². The zero-order valence-electron chi connectivity index (χ0n) is 7.47. The van der Waals surface area contributed by atoms with Crippen LogP contribution in [0.3, 0.4) is 0 Å². The lowest BCUT2D eigenvalue weighted by molar-refractivity contribution is 0.0463. The molecule has 0 fully saturated rings. The van der Waals surface area contributed by atoms with E-state index in [1.54, 1.807) is 0 Å². The maximum absolute atomic E-state index is 8.33. The van der Waals surface area contributed by atoms with Crippen LogP contribution in [0.4, 0.5) is 0 Å². The molecule has 0 amide bonds. The molecule has 2 nitrogen and oxygen atoms in total. The Bertz CT molecular complexity index is 117. The average molecular weight is 155 g/mol. The summed E-state index contributed by atoms with van der Waals surface area (Å²) in [6, 6.07) is 2.13. The Morgan fingerprint density at radius 1 is 1.45 bits per heavy atom. The summed E-state index contributed by atoms with van der Waals surface area (Å²) >= 11 is 0. The number of nitrogens with zero attached hydrogens (tertiary/aromatic N) is 1. The molecule has 2 heteroatoms. The molecule has 0 heterocycles. The van der Waals surface area contributed by atoms with Crippen molar-refractivity contribution in [2.75, 3.05) is 6.61 Å². The lowest BCUT2D eigenvalue weighted by Gasteiger charge is -2.13. The number of rotatable bonds is 6. The number of ether oxygens (including phenoxy) is 1. The van der Waals surface area contributed by atoms with Crippen LogP contribution in [-0.2, 0) is 4.74 Å². The monoisotopic (exact) mass is 155 g/mol. The van der Waals surface area contributed by atoms with Gasteiger partial charge in [-0.05, 0) is 19.3 Å². The van der Waals surface area contributed by atoms with Crippen molar-refractivity contribution in [2.24, 2.45) is 0 Å². The van der Waals surface area contributed by atoms with E-state index in [1.165, 1.54) is 0 Å². The summed E-state index contributed by atoms with van der Waals surface area (Å²) in [6.45, 7) is 5.01. The van der Waals surface area contributed by atoms with Gasteiger partial charge in [-0.2, -0.15) is 5.26 Å². The van der Waals surface area contributed by atoms with Gasteiger partial charge in [0.15, 0.2) is 0 Å². The molecule has 11 heavy (non-hydrogen) atoms. The molecular weight excluding hydrogens is 138 g/mol. The molecule has 0 rings (SSSR count). The van der Waals surface area contributed by atoms with Crippen LogP contribution in [0.1, 0.15) is 39.5 Å². The molecule has 0 aromatic heterocycles. The molecule has 0 aliphatic carbocycles. The van der Waals surface area contributed by atoms with Crippen LogP contribution in [0, 0.1) is 11.3 Å². The van der Waals surface area contributed by atoms with Crippen molar-refractivity contribution in [3.8, 4) is 6.07 Å². The van der Waals surface area contributed by atoms with Gasteiger partial charge >= 0.3 is 0 Å². The van der Waals surface area contributed by atoms with Gasteiger partial charge in [-0.15, -0.1) is 0 Å². The Morgan fingerprint density at radius 3 is 2.64 bits per heavy atom. The van der Waals surface area contributed by atoms with E-state index in [0.717, 1.165) is 25.9 Å². The van der Waals surface area contributed by atoms with Crippen molar-refractivity contribution in [2.45, 2.75) is 45.6 Å². The van der Waals surface area contributed by atoms with E-state index in [2.05, 4.69) is 19.9 Å². The van der Waals surface area contributed by atoms with Gasteiger partial charge in [0.1, 0.15) is 0 Å². The van der Waals surface area contributed by atoms with Crippen molar-refractivity contribution in [1.82, 2.24) is 0 Å². The molecule has 0 aliphatic heterocycles. The van der Waals surface area contributed by atoms with Crippen LogP contribution in [0.25, 0.3) is 0 Å². The molecule has 0 aromatic carbocycles. The number of nitriles is 1. The predicted octanol–water partition coefficient (Wildman–Crippen LogP) is 2.50. The van der Waals surface area contributed by atoms with Gasteiger partial charge in [0, 0.05) is 13.0 Å². The summed E-state index contributed by atoms with van der Waals surface area (Å²) in [7, 11) is 0. The van der Waals surface area contributed by atoms with E-state index in [1.807, 2.05) is 0 Å². The number of hydrogen-bond donors (Lipinski definition) is 0. The first kappa shape index (κ1) is 10.4. The van der Waals surface area contributed by atoms with Crippen LogP contribution < -0.4 is 0 Å². The van der Waals surface area contributed by atoms with E-state index in [-0.39, 0.29) is 0 Å². The molecule has 0 bridgehead atoms. The fraction of sp³-hybridized carbons (Fsp3) is 0.889. The van der Waals surface area contributed by atoms with Crippen LogP contribution >= 0.6 is 0 Å². The molecule has 1 atom stereocenters. The zero-order chi connectivity index (χ0) is 8.53. The summed E-state index contributed by atoms with van der Waals surface area (Å²) in [5.41, 5.74) is 0. The highest BCUT2D eigenvalue weighted by Crippen LogP contribution is 2.06. The van der Waals surface area contributed by atoms with Gasteiger partial charge in [0.2, 0.25) is 0 Å². The predicted molar refractivity (Wildman–Crippen MR) is 45.2 cm³/mol. The van der Waals surface area contributed by atoms with E-state index in [4.69, 9.17) is 10.00 Å². The third-order valence-electron chi connectivity index (χ3n) is 1.59. The van der Waals surface area contributed by atoms with Gasteiger partial charge in [-0.25, -0.2) is 0 Å². The first-order chi connectivity index (χ1) is 5.35. The minimum Gasteiger partial charge on any atom is -0.378 e. The van der Waals surface area contributed by atoms with E-state index >= 15 is 0 Å². The van der Waals surface area contributed by atoms with Gasteiger partial charge in [-0.1, -0.05) is 13.8 Å². The van der Waals surface area contributed by atoms with Crippen molar-refractivity contribution in [3.63, 3.8) is 0 Å². The summed E-state index contributed by atoms with van der Waals surface area (Å²) in [5, 5.41) is 8.33. The highest BCUT2D eigenvalue weighted by molar-refractivity contribution is 4.71. The quantitative estimate of drug-likeness (QED) is 0.590. The Kier molecular flexibility index (Phi) is 7.18. The van der Waals surface area contributed by atoms with Gasteiger partial charge in [0.25, 0.3) is 0 Å². The highest BCUT2D eigenvalue weighted by Gasteiger charge is 2.04. The van der Waals surface area contributed by atoms with E-state index < -0.39 is 0 Å². The topological polar surface area (TPSA) is 33.0 Å². The third kappa shape index (κ3) is 5.87. The Balaban J connectivity index is 3.34. The molecule has 0 radical (unpaired) electrons. The fourth-order valence-electron chi connectivity index (χ4n) is 0.915. The fourth-order valence-corrected chi connectivity index (χ4v) is 0.915. The van der Waals surface area contributed by atoms with Gasteiger partial charge < -0.3 is 4.74 Å². The molecule has 1 unspecified atom stereocenters. The normalized spacial score (nSPS) is 12.5. The van der Waals surface area contributed by atoms with Crippen LogP contribution in [0.15, 0.2) is 0 Å². The van der Waals surface area contributed by atoms with Crippen molar-refractivity contribution in [3.05, 3.63) is 0 Å². The second-order valence-electron chi connectivity index (χ2n) is 2.60. The van der Waals surface area contributed by atoms with Gasteiger partial charge in [0.05, 0.1) is 12.2 Å². The number of hydrogen-bond acceptors (Lipinski definition) is 2. The largest absolute Gasteiger partial charge is 0.378 e. The summed E-state index contributed by atoms with van der Waals surface area (Å²) in [6.07, 6.45) is 3.87. The van der Waals surface area contributed by atoms with Crippen molar-refractivity contribution in [1.29, 1.82) is 5.26 Å². The van der Waals surface area contributed by atoms with Crippen LogP contribution in [0.5, 0.6) is 0 Å². The van der Waals surface area contributed by atoms with Crippen molar-refractivity contribution < 1.29 is 4.74 Å². The SMILES string of the molecule is CCCOC(CC)CCC#N. The van der Waals surface area contributed by atoms with Crippen LogP contribution in [0.2, 0.25) is 0 Å². The minimum atomic E-state index is 0.301. The maximum Gasteiger partial charge on any atom is 0.0622 e. The molecule has 0 aliphatic rings. The summed E-state index contributed by atoms with van der Waals surface area (Å²) < 4.78 is 5.49. The molecule has 0 aromatic rings. The molecule has 0 saturated heterocycles. The third-order valence-corrected chi connectivity index (χ3v) is 1.59. The second kappa shape index (κ2) is 7.56. The Labute approximate surface area is 69.2 Å². The van der Waals surface area contributed by atoms with Crippen molar-refractivity contribution >= 4 is 0 Å². The standard InChI is InChI=1S/C9H17NO/c1-3-8-11-9(4-2)6-5-7-10/h9H,3-6,8H2,1-2H3.